The van der Waals surface area contributed by atoms with Crippen molar-refractivity contribution in [2.45, 2.75) is 32.0 Å². The first-order valence-corrected chi connectivity index (χ1v) is 7.50. The van der Waals surface area contributed by atoms with Crippen molar-refractivity contribution < 1.29 is 18.0 Å². The third-order valence-electron chi connectivity index (χ3n) is 4.26. The maximum absolute atomic E-state index is 12.5. The lowest BCUT2D eigenvalue weighted by atomic mass is 10.2. The Kier molecular flexibility index (Phi) is 4.02. The van der Waals surface area contributed by atoms with Gasteiger partial charge in [-0.05, 0) is 37.8 Å². The predicted octanol–water partition coefficient (Wildman–Crippen LogP) is 2.55. The van der Waals surface area contributed by atoms with E-state index in [9.17, 15) is 18.0 Å². The van der Waals surface area contributed by atoms with Crippen molar-refractivity contribution in [3.8, 4) is 5.82 Å². The third kappa shape index (κ3) is 3.24. The van der Waals surface area contributed by atoms with Crippen molar-refractivity contribution in [3.63, 3.8) is 0 Å². The first kappa shape index (κ1) is 16.4. The van der Waals surface area contributed by atoms with Gasteiger partial charge in [0.25, 0.3) is 5.91 Å². The van der Waals surface area contributed by atoms with Gasteiger partial charge in [-0.15, -0.1) is 5.10 Å². The van der Waals surface area contributed by atoms with Crippen LogP contribution in [0.1, 0.15) is 35.8 Å². The lowest BCUT2D eigenvalue weighted by Crippen LogP contribution is -2.36. The van der Waals surface area contributed by atoms with Gasteiger partial charge < -0.3 is 4.90 Å². The molecule has 1 fully saturated rings. The summed E-state index contributed by atoms with van der Waals surface area (Å²) in [5.74, 6) is 0.408. The molecule has 3 rings (SSSR count). The summed E-state index contributed by atoms with van der Waals surface area (Å²) in [4.78, 5) is 17.7. The molecular formula is C15H16F3N5O. The van der Waals surface area contributed by atoms with E-state index in [1.54, 1.807) is 11.9 Å². The van der Waals surface area contributed by atoms with Crippen LogP contribution in [-0.2, 0) is 6.18 Å². The van der Waals surface area contributed by atoms with E-state index in [-0.39, 0.29) is 23.5 Å². The molecular weight excluding hydrogens is 323 g/mol. The highest BCUT2D eigenvalue weighted by Crippen LogP contribution is 2.35. The summed E-state index contributed by atoms with van der Waals surface area (Å²) in [6.07, 6.45) is -0.133. The number of halogens is 3. The monoisotopic (exact) mass is 339 g/mol. The summed E-state index contributed by atoms with van der Waals surface area (Å²) in [6.45, 7) is 1.98. The molecule has 0 bridgehead atoms. The Labute approximate surface area is 136 Å². The second-order valence-corrected chi connectivity index (χ2v) is 5.95. The van der Waals surface area contributed by atoms with E-state index < -0.39 is 11.7 Å². The van der Waals surface area contributed by atoms with Crippen LogP contribution in [0.4, 0.5) is 13.2 Å². The maximum Gasteiger partial charge on any atom is 0.417 e. The van der Waals surface area contributed by atoms with E-state index in [4.69, 9.17) is 0 Å². The summed E-state index contributed by atoms with van der Waals surface area (Å²) in [5, 5.41) is 7.58. The maximum atomic E-state index is 12.5. The standard InChI is InChI=1S/C15H16F3N5O/c1-9(10-3-4-10)22(2)14(24)12-8-23(21-20-12)13-6-5-11(7-19-13)15(16,17)18/h5-10H,3-4H2,1-2H3/t9-/m1/s1. The Balaban J connectivity index is 1.76. The SMILES string of the molecule is C[C@H](C1CC1)N(C)C(=O)c1cn(-c2ccc(C(F)(F)F)cn2)nn1. The average molecular weight is 339 g/mol. The number of alkyl halides is 3. The normalized spacial score (nSPS) is 16.0. The third-order valence-corrected chi connectivity index (χ3v) is 4.26. The van der Waals surface area contributed by atoms with Crippen LogP contribution in [0.2, 0.25) is 0 Å². The Morgan fingerprint density at radius 2 is 2.08 bits per heavy atom. The molecule has 2 heterocycles. The highest BCUT2D eigenvalue weighted by molar-refractivity contribution is 5.92. The fourth-order valence-corrected chi connectivity index (χ4v) is 2.42. The molecule has 6 nitrogen and oxygen atoms in total. The van der Waals surface area contributed by atoms with E-state index in [0.29, 0.717) is 5.92 Å². The molecule has 2 aromatic heterocycles. The van der Waals surface area contributed by atoms with Crippen molar-refractivity contribution in [1.29, 1.82) is 0 Å². The van der Waals surface area contributed by atoms with Gasteiger partial charge in [0.15, 0.2) is 11.5 Å². The van der Waals surface area contributed by atoms with Crippen LogP contribution in [0.15, 0.2) is 24.5 Å². The number of nitrogens with zero attached hydrogens (tertiary/aromatic N) is 5. The molecule has 0 aliphatic heterocycles. The fraction of sp³-hybridized carbons (Fsp3) is 0.467. The number of pyridine rings is 1. The largest absolute Gasteiger partial charge is 0.417 e. The Bertz CT molecular complexity index is 736. The first-order chi connectivity index (χ1) is 11.3. The zero-order valence-corrected chi connectivity index (χ0v) is 13.2. The minimum atomic E-state index is -4.45. The second-order valence-electron chi connectivity index (χ2n) is 5.95. The van der Waals surface area contributed by atoms with Crippen molar-refractivity contribution >= 4 is 5.91 Å². The van der Waals surface area contributed by atoms with E-state index in [1.807, 2.05) is 6.92 Å². The molecule has 0 spiro atoms. The minimum Gasteiger partial charge on any atom is -0.337 e. The lowest BCUT2D eigenvalue weighted by Gasteiger charge is -2.23. The zero-order chi connectivity index (χ0) is 17.5. The van der Waals surface area contributed by atoms with Crippen molar-refractivity contribution in [2.24, 2.45) is 5.92 Å². The van der Waals surface area contributed by atoms with Gasteiger partial charge in [-0.2, -0.15) is 13.2 Å². The molecule has 128 valence electrons. The fourth-order valence-electron chi connectivity index (χ4n) is 2.42. The second kappa shape index (κ2) is 5.88. The summed E-state index contributed by atoms with van der Waals surface area (Å²) in [5.41, 5.74) is -0.715. The van der Waals surface area contributed by atoms with Gasteiger partial charge in [0.05, 0.1) is 11.8 Å². The zero-order valence-electron chi connectivity index (χ0n) is 13.2. The van der Waals surface area contributed by atoms with Gasteiger partial charge in [-0.25, -0.2) is 9.67 Å². The van der Waals surface area contributed by atoms with Crippen molar-refractivity contribution in [3.05, 3.63) is 35.8 Å². The molecule has 0 aromatic carbocycles. The van der Waals surface area contributed by atoms with Gasteiger partial charge in [-0.3, -0.25) is 4.79 Å². The van der Waals surface area contributed by atoms with Gasteiger partial charge in [0.2, 0.25) is 0 Å². The molecule has 1 atom stereocenters. The van der Waals surface area contributed by atoms with Crippen molar-refractivity contribution in [1.82, 2.24) is 24.9 Å². The number of hydrogen-bond donors (Lipinski definition) is 0. The number of carbonyl (C=O) groups excluding carboxylic acids is 1. The van der Waals surface area contributed by atoms with E-state index in [1.165, 1.54) is 16.9 Å². The molecule has 9 heteroatoms. The average Bonchev–Trinajstić information content (AvgIpc) is 3.29. The van der Waals surface area contributed by atoms with E-state index in [0.717, 1.165) is 25.1 Å². The molecule has 1 amide bonds. The molecule has 0 saturated heterocycles. The topological polar surface area (TPSA) is 63.9 Å². The molecule has 0 N–H and O–H groups in total. The number of amides is 1. The molecule has 2 aromatic rings. The summed E-state index contributed by atoms with van der Waals surface area (Å²) in [6, 6.07) is 2.21. The quantitative estimate of drug-likeness (QED) is 0.859. The van der Waals surface area contributed by atoms with Crippen LogP contribution in [-0.4, -0.2) is 43.9 Å². The summed E-state index contributed by atoms with van der Waals surface area (Å²) < 4.78 is 38.8. The number of rotatable bonds is 4. The van der Waals surface area contributed by atoms with Crippen LogP contribution >= 0.6 is 0 Å². The first-order valence-electron chi connectivity index (χ1n) is 7.50. The Morgan fingerprint density at radius 3 is 2.62 bits per heavy atom. The van der Waals surface area contributed by atoms with Crippen LogP contribution in [0.3, 0.4) is 0 Å². The van der Waals surface area contributed by atoms with Crippen LogP contribution in [0.5, 0.6) is 0 Å². The summed E-state index contributed by atoms with van der Waals surface area (Å²) in [7, 11) is 1.71. The lowest BCUT2D eigenvalue weighted by molar-refractivity contribution is -0.137. The van der Waals surface area contributed by atoms with Gasteiger partial charge in [-0.1, -0.05) is 5.21 Å². The Hall–Kier alpha value is -2.45. The number of hydrogen-bond acceptors (Lipinski definition) is 4. The molecule has 1 aliphatic rings. The summed E-state index contributed by atoms with van der Waals surface area (Å²) >= 11 is 0. The minimum absolute atomic E-state index is 0.117. The molecule has 1 saturated carbocycles. The smallest absolute Gasteiger partial charge is 0.337 e. The number of aromatic nitrogens is 4. The molecule has 1 aliphatic carbocycles. The molecule has 0 unspecified atom stereocenters. The van der Waals surface area contributed by atoms with E-state index in [2.05, 4.69) is 15.3 Å². The Morgan fingerprint density at radius 1 is 1.38 bits per heavy atom. The van der Waals surface area contributed by atoms with Crippen LogP contribution < -0.4 is 0 Å². The number of carbonyl (C=O) groups is 1. The molecule has 0 radical (unpaired) electrons. The van der Waals surface area contributed by atoms with Crippen molar-refractivity contribution in [2.75, 3.05) is 7.05 Å². The van der Waals surface area contributed by atoms with E-state index >= 15 is 0 Å². The highest BCUT2D eigenvalue weighted by atomic mass is 19.4. The van der Waals surface area contributed by atoms with Gasteiger partial charge in [0.1, 0.15) is 0 Å². The highest BCUT2D eigenvalue weighted by Gasteiger charge is 2.33. The van der Waals surface area contributed by atoms with Gasteiger partial charge in [0, 0.05) is 19.3 Å². The predicted molar refractivity (Wildman–Crippen MR) is 78.4 cm³/mol. The molecule has 24 heavy (non-hydrogen) atoms. The van der Waals surface area contributed by atoms with Crippen LogP contribution in [0, 0.1) is 5.92 Å². The van der Waals surface area contributed by atoms with Gasteiger partial charge >= 0.3 is 6.18 Å². The van der Waals surface area contributed by atoms with Crippen LogP contribution in [0.25, 0.3) is 5.82 Å².